The molecule has 0 radical (unpaired) electrons. The van der Waals surface area contributed by atoms with Crippen LogP contribution >= 0.6 is 0 Å². The Kier molecular flexibility index (Phi) is 5.00. The van der Waals surface area contributed by atoms with E-state index in [2.05, 4.69) is 15.3 Å². The van der Waals surface area contributed by atoms with Gasteiger partial charge in [-0.2, -0.15) is 5.10 Å². The Morgan fingerprint density at radius 1 is 1.41 bits per heavy atom. The van der Waals surface area contributed by atoms with Crippen molar-refractivity contribution in [2.75, 3.05) is 7.11 Å². The molecule has 92 valence electrons. The summed E-state index contributed by atoms with van der Waals surface area (Å²) < 4.78 is 4.39. The number of hydrogen-bond donors (Lipinski definition) is 2. The van der Waals surface area contributed by atoms with Crippen molar-refractivity contribution in [1.29, 1.82) is 0 Å². The van der Waals surface area contributed by atoms with Gasteiger partial charge in [-0.05, 0) is 37.5 Å². The maximum Gasteiger partial charge on any atom is 0.427 e. The molecule has 0 atom stereocenters. The first-order valence-electron chi connectivity index (χ1n) is 5.27. The van der Waals surface area contributed by atoms with Crippen LogP contribution in [0.2, 0.25) is 0 Å². The Morgan fingerprint density at radius 2 is 2.06 bits per heavy atom. The Hall–Kier alpha value is -2.04. The van der Waals surface area contributed by atoms with Crippen molar-refractivity contribution < 1.29 is 14.6 Å². The van der Waals surface area contributed by atoms with Crippen molar-refractivity contribution in [2.24, 2.45) is 5.10 Å². The Balaban J connectivity index is 2.39. The number of rotatable bonds is 4. The molecule has 0 heterocycles. The highest BCUT2D eigenvalue weighted by Gasteiger charge is 1.98. The summed E-state index contributed by atoms with van der Waals surface area (Å²) >= 11 is 0. The van der Waals surface area contributed by atoms with Gasteiger partial charge in [-0.3, -0.25) is 0 Å². The zero-order valence-corrected chi connectivity index (χ0v) is 9.93. The van der Waals surface area contributed by atoms with Crippen molar-refractivity contribution in [2.45, 2.75) is 19.8 Å². The first kappa shape index (κ1) is 13.0. The second kappa shape index (κ2) is 6.52. The molecule has 0 saturated heterocycles. The fourth-order valence-corrected chi connectivity index (χ4v) is 1.23. The molecule has 0 spiro atoms. The summed E-state index contributed by atoms with van der Waals surface area (Å²) in [6, 6.07) is 7.01. The number of aromatic hydroxyl groups is 1. The Bertz CT molecular complexity index is 399. The van der Waals surface area contributed by atoms with E-state index in [-0.39, 0.29) is 5.75 Å². The largest absolute Gasteiger partial charge is 0.508 e. The van der Waals surface area contributed by atoms with Gasteiger partial charge in [0.15, 0.2) is 0 Å². The van der Waals surface area contributed by atoms with Crippen LogP contribution in [-0.4, -0.2) is 24.0 Å². The number of nitrogens with one attached hydrogen (secondary N) is 1. The van der Waals surface area contributed by atoms with E-state index in [4.69, 9.17) is 5.11 Å². The second-order valence-electron chi connectivity index (χ2n) is 3.62. The molecule has 5 heteroatoms. The topological polar surface area (TPSA) is 70.9 Å². The van der Waals surface area contributed by atoms with Gasteiger partial charge >= 0.3 is 6.09 Å². The maximum atomic E-state index is 10.8. The van der Waals surface area contributed by atoms with Crippen LogP contribution in [0.1, 0.15) is 18.9 Å². The fraction of sp³-hybridized carbons (Fsp3) is 0.333. The molecule has 0 fully saturated rings. The molecule has 1 amide bonds. The van der Waals surface area contributed by atoms with E-state index in [0.29, 0.717) is 0 Å². The minimum absolute atomic E-state index is 0.256. The van der Waals surface area contributed by atoms with Gasteiger partial charge < -0.3 is 9.84 Å². The molecule has 1 rings (SSSR count). The highest BCUT2D eigenvalue weighted by molar-refractivity contribution is 5.83. The van der Waals surface area contributed by atoms with Crippen LogP contribution in [-0.2, 0) is 11.2 Å². The van der Waals surface area contributed by atoms with Gasteiger partial charge in [0.05, 0.1) is 7.11 Å². The normalized spacial score (nSPS) is 11.1. The summed E-state index contributed by atoms with van der Waals surface area (Å²) in [5.74, 6) is 0.256. The number of hydrazone groups is 1. The van der Waals surface area contributed by atoms with Gasteiger partial charge in [0.2, 0.25) is 0 Å². The van der Waals surface area contributed by atoms with Crippen LogP contribution in [0.3, 0.4) is 0 Å². The molecule has 1 aromatic carbocycles. The number of nitrogens with zero attached hydrogens (tertiary/aromatic N) is 1. The van der Waals surface area contributed by atoms with E-state index in [1.807, 2.05) is 19.1 Å². The molecule has 0 aliphatic heterocycles. The molecule has 1 aromatic rings. The smallest absolute Gasteiger partial charge is 0.427 e. The third-order valence-corrected chi connectivity index (χ3v) is 2.24. The third kappa shape index (κ3) is 5.01. The molecule has 0 aromatic heterocycles. The lowest BCUT2D eigenvalue weighted by molar-refractivity contribution is 0.171. The van der Waals surface area contributed by atoms with E-state index in [9.17, 15) is 4.79 Å². The predicted octanol–water partition coefficient (Wildman–Crippen LogP) is 2.06. The number of ether oxygens (including phenoxy) is 1. The Labute approximate surface area is 100 Å². The molecule has 5 nitrogen and oxygen atoms in total. The van der Waals surface area contributed by atoms with E-state index >= 15 is 0 Å². The number of hydrogen-bond acceptors (Lipinski definition) is 4. The summed E-state index contributed by atoms with van der Waals surface area (Å²) in [6.45, 7) is 1.83. The van der Waals surface area contributed by atoms with E-state index in [1.54, 1.807) is 12.1 Å². The average Bonchev–Trinajstić information content (AvgIpc) is 2.35. The zero-order chi connectivity index (χ0) is 12.7. The SMILES string of the molecule is COC(=O)N/N=C(\C)CCc1ccc(O)cc1. The minimum atomic E-state index is -0.575. The van der Waals surface area contributed by atoms with Crippen molar-refractivity contribution >= 4 is 11.8 Å². The van der Waals surface area contributed by atoms with Gasteiger partial charge in [-0.1, -0.05) is 12.1 Å². The van der Waals surface area contributed by atoms with Crippen LogP contribution in [0.4, 0.5) is 4.79 Å². The molecule has 0 saturated carbocycles. The lowest BCUT2D eigenvalue weighted by atomic mass is 10.1. The number of carbonyl (C=O) groups excluding carboxylic acids is 1. The number of methoxy groups -OCH3 is 1. The van der Waals surface area contributed by atoms with Gasteiger partial charge in [0.1, 0.15) is 5.75 Å². The second-order valence-corrected chi connectivity index (χ2v) is 3.62. The third-order valence-electron chi connectivity index (χ3n) is 2.24. The van der Waals surface area contributed by atoms with Gasteiger partial charge in [0.25, 0.3) is 0 Å². The summed E-state index contributed by atoms with van der Waals surface area (Å²) in [7, 11) is 1.29. The quantitative estimate of drug-likeness (QED) is 0.621. The molecule has 0 unspecified atom stereocenters. The van der Waals surface area contributed by atoms with Crippen LogP contribution in [0.5, 0.6) is 5.75 Å². The molecular formula is C12H16N2O3. The lowest BCUT2D eigenvalue weighted by Gasteiger charge is -2.02. The van der Waals surface area contributed by atoms with E-state index < -0.39 is 6.09 Å². The van der Waals surface area contributed by atoms with Gasteiger partial charge in [-0.15, -0.1) is 0 Å². The fourth-order valence-electron chi connectivity index (χ4n) is 1.23. The standard InChI is InChI=1S/C12H16N2O3/c1-9(13-14-12(16)17-2)3-4-10-5-7-11(15)8-6-10/h5-8,15H,3-4H2,1-2H3,(H,14,16)/b13-9+. The number of phenolic OH excluding ortho intramolecular Hbond substituents is 1. The molecular weight excluding hydrogens is 220 g/mol. The summed E-state index contributed by atoms with van der Waals surface area (Å²) in [5.41, 5.74) is 4.18. The van der Waals surface area contributed by atoms with Crippen LogP contribution in [0.15, 0.2) is 29.4 Å². The number of amides is 1. The lowest BCUT2D eigenvalue weighted by Crippen LogP contribution is -2.18. The van der Waals surface area contributed by atoms with Crippen LogP contribution in [0, 0.1) is 0 Å². The number of carbonyl (C=O) groups is 1. The minimum Gasteiger partial charge on any atom is -0.508 e. The monoisotopic (exact) mass is 236 g/mol. The molecule has 0 bridgehead atoms. The van der Waals surface area contributed by atoms with Crippen LogP contribution in [0.25, 0.3) is 0 Å². The molecule has 17 heavy (non-hydrogen) atoms. The van der Waals surface area contributed by atoms with Crippen molar-refractivity contribution in [3.63, 3.8) is 0 Å². The van der Waals surface area contributed by atoms with Crippen molar-refractivity contribution in [3.05, 3.63) is 29.8 Å². The summed E-state index contributed by atoms with van der Waals surface area (Å²) in [4.78, 5) is 10.8. The molecule has 0 aliphatic carbocycles. The number of benzene rings is 1. The van der Waals surface area contributed by atoms with Crippen LogP contribution < -0.4 is 5.43 Å². The number of phenols is 1. The zero-order valence-electron chi connectivity index (χ0n) is 9.93. The highest BCUT2D eigenvalue weighted by atomic mass is 16.5. The average molecular weight is 236 g/mol. The highest BCUT2D eigenvalue weighted by Crippen LogP contribution is 2.11. The summed E-state index contributed by atoms with van der Waals surface area (Å²) in [6.07, 6.45) is 0.960. The van der Waals surface area contributed by atoms with Crippen molar-refractivity contribution in [3.8, 4) is 5.75 Å². The van der Waals surface area contributed by atoms with Gasteiger partial charge in [0, 0.05) is 5.71 Å². The first-order chi connectivity index (χ1) is 8.11. The molecule has 0 aliphatic rings. The maximum absolute atomic E-state index is 10.8. The first-order valence-corrected chi connectivity index (χ1v) is 5.27. The number of aryl methyl sites for hydroxylation is 1. The van der Waals surface area contributed by atoms with E-state index in [0.717, 1.165) is 24.1 Å². The van der Waals surface area contributed by atoms with Gasteiger partial charge in [-0.25, -0.2) is 10.2 Å². The summed E-state index contributed by atoms with van der Waals surface area (Å²) in [5, 5.41) is 13.0. The predicted molar refractivity (Wildman–Crippen MR) is 65.1 cm³/mol. The van der Waals surface area contributed by atoms with E-state index in [1.165, 1.54) is 7.11 Å². The molecule has 2 N–H and O–H groups in total. The van der Waals surface area contributed by atoms with Crippen molar-refractivity contribution in [1.82, 2.24) is 5.43 Å². The Morgan fingerprint density at radius 3 is 2.65 bits per heavy atom.